The first-order chi connectivity index (χ1) is 7.54. The Kier molecular flexibility index (Phi) is 3.65. The molecule has 0 atom stereocenters. The highest BCUT2D eigenvalue weighted by molar-refractivity contribution is 7.11. The number of fused-ring (bicyclic) bond motifs is 1. The molecule has 1 aromatic heterocycles. The van der Waals surface area contributed by atoms with Gasteiger partial charge in [0, 0.05) is 11.4 Å². The zero-order chi connectivity index (χ0) is 11.6. The molecule has 1 aliphatic carbocycles. The third kappa shape index (κ3) is 3.29. The molecule has 3 heteroatoms. The second kappa shape index (κ2) is 4.84. The van der Waals surface area contributed by atoms with Gasteiger partial charge in [-0.05, 0) is 37.6 Å². The molecule has 2 rings (SSSR count). The molecule has 0 aliphatic heterocycles. The molecule has 0 unspecified atom stereocenters. The van der Waals surface area contributed by atoms with E-state index in [1.54, 1.807) is 0 Å². The molecule has 0 fully saturated rings. The summed E-state index contributed by atoms with van der Waals surface area (Å²) in [6, 6.07) is 0. The van der Waals surface area contributed by atoms with Gasteiger partial charge in [0.2, 0.25) is 0 Å². The molecular formula is C13H22N2S. The average Bonchev–Trinajstić information content (AvgIpc) is 2.70. The molecule has 90 valence electrons. The van der Waals surface area contributed by atoms with E-state index in [1.807, 2.05) is 11.3 Å². The van der Waals surface area contributed by atoms with Gasteiger partial charge < -0.3 is 5.32 Å². The fourth-order valence-electron chi connectivity index (χ4n) is 1.98. The average molecular weight is 238 g/mol. The maximum absolute atomic E-state index is 4.68. The lowest BCUT2D eigenvalue weighted by molar-refractivity contribution is 0.366. The van der Waals surface area contributed by atoms with Crippen molar-refractivity contribution in [3.05, 3.63) is 15.6 Å². The van der Waals surface area contributed by atoms with Crippen molar-refractivity contribution in [2.24, 2.45) is 5.41 Å². The maximum Gasteiger partial charge on any atom is 0.107 e. The monoisotopic (exact) mass is 238 g/mol. The minimum Gasteiger partial charge on any atom is -0.310 e. The van der Waals surface area contributed by atoms with Crippen molar-refractivity contribution in [2.45, 2.75) is 53.0 Å². The molecule has 1 N–H and O–H groups in total. The van der Waals surface area contributed by atoms with Gasteiger partial charge >= 0.3 is 0 Å². The topological polar surface area (TPSA) is 24.9 Å². The van der Waals surface area contributed by atoms with Crippen molar-refractivity contribution < 1.29 is 0 Å². The molecule has 1 heterocycles. The molecule has 0 saturated carbocycles. The zero-order valence-corrected chi connectivity index (χ0v) is 11.4. The van der Waals surface area contributed by atoms with Gasteiger partial charge in [-0.15, -0.1) is 11.3 Å². The van der Waals surface area contributed by atoms with Gasteiger partial charge in [0.1, 0.15) is 5.01 Å². The quantitative estimate of drug-likeness (QED) is 0.815. The van der Waals surface area contributed by atoms with Crippen LogP contribution < -0.4 is 5.32 Å². The van der Waals surface area contributed by atoms with Gasteiger partial charge in [0.05, 0.1) is 5.69 Å². The van der Waals surface area contributed by atoms with Crippen LogP contribution in [0.3, 0.4) is 0 Å². The van der Waals surface area contributed by atoms with E-state index >= 15 is 0 Å². The molecule has 1 aromatic rings. The number of nitrogens with one attached hydrogen (secondary N) is 1. The Morgan fingerprint density at radius 2 is 2.12 bits per heavy atom. The molecule has 0 spiro atoms. The third-order valence-electron chi connectivity index (χ3n) is 2.97. The predicted octanol–water partition coefficient (Wildman–Crippen LogP) is 3.16. The van der Waals surface area contributed by atoms with E-state index in [2.05, 4.69) is 31.1 Å². The molecule has 0 radical (unpaired) electrons. The lowest BCUT2D eigenvalue weighted by Crippen LogP contribution is -2.20. The van der Waals surface area contributed by atoms with E-state index in [1.165, 1.54) is 41.3 Å². The summed E-state index contributed by atoms with van der Waals surface area (Å²) in [4.78, 5) is 6.22. The van der Waals surface area contributed by atoms with Crippen LogP contribution in [0.2, 0.25) is 0 Å². The van der Waals surface area contributed by atoms with Crippen molar-refractivity contribution in [3.8, 4) is 0 Å². The summed E-state index contributed by atoms with van der Waals surface area (Å²) in [5, 5.41) is 4.77. The van der Waals surface area contributed by atoms with Gasteiger partial charge in [-0.1, -0.05) is 20.8 Å². The van der Waals surface area contributed by atoms with Gasteiger partial charge in [-0.25, -0.2) is 4.98 Å². The minimum absolute atomic E-state index is 0.428. The summed E-state index contributed by atoms with van der Waals surface area (Å²) < 4.78 is 0. The minimum atomic E-state index is 0.428. The summed E-state index contributed by atoms with van der Waals surface area (Å²) >= 11 is 1.91. The van der Waals surface area contributed by atoms with Crippen molar-refractivity contribution in [1.29, 1.82) is 0 Å². The van der Waals surface area contributed by atoms with Crippen LogP contribution in [-0.2, 0) is 19.4 Å². The van der Waals surface area contributed by atoms with Crippen LogP contribution in [0.4, 0.5) is 0 Å². The summed E-state index contributed by atoms with van der Waals surface area (Å²) in [6.07, 6.45) is 4.99. The SMILES string of the molecule is CC(C)(C)CCNCc1nc2c(s1)CCC2. The summed E-state index contributed by atoms with van der Waals surface area (Å²) in [5.74, 6) is 0. The van der Waals surface area contributed by atoms with Gasteiger partial charge in [0.25, 0.3) is 0 Å². The predicted molar refractivity (Wildman–Crippen MR) is 69.9 cm³/mol. The van der Waals surface area contributed by atoms with E-state index in [0.717, 1.165) is 13.1 Å². The highest BCUT2D eigenvalue weighted by Gasteiger charge is 2.16. The molecule has 1 aliphatic rings. The van der Waals surface area contributed by atoms with Gasteiger partial charge in [-0.3, -0.25) is 0 Å². The second-order valence-electron chi connectivity index (χ2n) is 5.82. The maximum atomic E-state index is 4.68. The van der Waals surface area contributed by atoms with Crippen LogP contribution in [-0.4, -0.2) is 11.5 Å². The molecule has 0 amide bonds. The molecule has 2 nitrogen and oxygen atoms in total. The van der Waals surface area contributed by atoms with E-state index in [-0.39, 0.29) is 0 Å². The Morgan fingerprint density at radius 1 is 1.31 bits per heavy atom. The number of aromatic nitrogens is 1. The number of hydrogen-bond donors (Lipinski definition) is 1. The Bertz CT molecular complexity index is 328. The molecule has 0 saturated heterocycles. The van der Waals surface area contributed by atoms with E-state index < -0.39 is 0 Å². The van der Waals surface area contributed by atoms with E-state index in [4.69, 9.17) is 0 Å². The van der Waals surface area contributed by atoms with Crippen LogP contribution in [0.25, 0.3) is 0 Å². The Balaban J connectivity index is 1.73. The number of aryl methyl sites for hydroxylation is 2. The van der Waals surface area contributed by atoms with Crippen LogP contribution in [0.1, 0.15) is 49.2 Å². The molecule has 16 heavy (non-hydrogen) atoms. The van der Waals surface area contributed by atoms with Gasteiger partial charge in [-0.2, -0.15) is 0 Å². The molecular weight excluding hydrogens is 216 g/mol. The summed E-state index contributed by atoms with van der Waals surface area (Å²) in [7, 11) is 0. The van der Waals surface area contributed by atoms with Crippen LogP contribution in [0, 0.1) is 5.41 Å². The van der Waals surface area contributed by atoms with Crippen molar-refractivity contribution >= 4 is 11.3 Å². The highest BCUT2D eigenvalue weighted by atomic mass is 32.1. The Labute approximate surface area is 102 Å². The van der Waals surface area contributed by atoms with E-state index in [9.17, 15) is 0 Å². The zero-order valence-electron chi connectivity index (χ0n) is 10.6. The van der Waals surface area contributed by atoms with Crippen molar-refractivity contribution in [1.82, 2.24) is 10.3 Å². The van der Waals surface area contributed by atoms with Crippen LogP contribution in [0.5, 0.6) is 0 Å². The third-order valence-corrected chi connectivity index (χ3v) is 4.13. The van der Waals surface area contributed by atoms with Crippen molar-refractivity contribution in [2.75, 3.05) is 6.54 Å². The first-order valence-corrected chi connectivity index (χ1v) is 7.04. The first kappa shape index (κ1) is 12.1. The lowest BCUT2D eigenvalue weighted by Gasteiger charge is -2.17. The van der Waals surface area contributed by atoms with E-state index in [0.29, 0.717) is 5.41 Å². The number of hydrogen-bond acceptors (Lipinski definition) is 3. The summed E-state index contributed by atoms with van der Waals surface area (Å²) in [6.45, 7) is 8.90. The Hall–Kier alpha value is -0.410. The summed E-state index contributed by atoms with van der Waals surface area (Å²) in [5.41, 5.74) is 1.80. The fraction of sp³-hybridized carbons (Fsp3) is 0.769. The molecule has 0 bridgehead atoms. The lowest BCUT2D eigenvalue weighted by atomic mass is 9.92. The molecule has 0 aromatic carbocycles. The largest absolute Gasteiger partial charge is 0.310 e. The normalized spacial score (nSPS) is 15.4. The van der Waals surface area contributed by atoms with Gasteiger partial charge in [0.15, 0.2) is 0 Å². The smallest absolute Gasteiger partial charge is 0.107 e. The first-order valence-electron chi connectivity index (χ1n) is 6.23. The highest BCUT2D eigenvalue weighted by Crippen LogP contribution is 2.27. The Morgan fingerprint density at radius 3 is 2.81 bits per heavy atom. The number of nitrogens with zero attached hydrogens (tertiary/aromatic N) is 1. The number of rotatable bonds is 4. The van der Waals surface area contributed by atoms with Crippen LogP contribution >= 0.6 is 11.3 Å². The second-order valence-corrected chi connectivity index (χ2v) is 6.99. The number of thiazole rings is 1. The standard InChI is InChI=1S/C13H22N2S/c1-13(2,3)7-8-14-9-12-15-10-5-4-6-11(10)16-12/h14H,4-9H2,1-3H3. The fourth-order valence-corrected chi connectivity index (χ4v) is 3.10. The van der Waals surface area contributed by atoms with Crippen molar-refractivity contribution in [3.63, 3.8) is 0 Å². The van der Waals surface area contributed by atoms with Crippen LogP contribution in [0.15, 0.2) is 0 Å².